The third kappa shape index (κ3) is 4.62. The van der Waals surface area contributed by atoms with Gasteiger partial charge in [-0.2, -0.15) is 0 Å². The molecule has 0 aliphatic carbocycles. The van der Waals surface area contributed by atoms with Crippen molar-refractivity contribution in [2.24, 2.45) is 0 Å². The summed E-state index contributed by atoms with van der Waals surface area (Å²) >= 11 is 6.45. The van der Waals surface area contributed by atoms with Crippen molar-refractivity contribution < 1.29 is 4.79 Å². The van der Waals surface area contributed by atoms with Gasteiger partial charge in [-0.15, -0.1) is 0 Å². The van der Waals surface area contributed by atoms with Crippen LogP contribution in [0.2, 0.25) is 5.02 Å². The zero-order valence-electron chi connectivity index (χ0n) is 14.7. The lowest BCUT2D eigenvalue weighted by atomic mass is 10.0. The number of hydrogen-bond donors (Lipinski definition) is 1. The first kappa shape index (κ1) is 18.0. The number of nitrogens with one attached hydrogen (secondary N) is 1. The highest BCUT2D eigenvalue weighted by atomic mass is 35.5. The molecule has 1 amide bonds. The van der Waals surface area contributed by atoms with Crippen LogP contribution in [-0.4, -0.2) is 30.4 Å². The van der Waals surface area contributed by atoms with Crippen molar-refractivity contribution >= 4 is 17.5 Å². The lowest BCUT2D eigenvalue weighted by Crippen LogP contribution is -2.40. The molecule has 0 saturated carbocycles. The van der Waals surface area contributed by atoms with Crippen LogP contribution in [0.15, 0.2) is 48.5 Å². The van der Waals surface area contributed by atoms with E-state index in [4.69, 9.17) is 11.6 Å². The fourth-order valence-corrected chi connectivity index (χ4v) is 3.67. The molecule has 1 aliphatic rings. The molecule has 1 fully saturated rings. The molecule has 2 aromatic carbocycles. The summed E-state index contributed by atoms with van der Waals surface area (Å²) in [5.74, 6) is -0.0333. The third-order valence-corrected chi connectivity index (χ3v) is 5.21. The quantitative estimate of drug-likeness (QED) is 0.848. The van der Waals surface area contributed by atoms with Crippen LogP contribution in [0.1, 0.15) is 46.8 Å². The first-order valence-corrected chi connectivity index (χ1v) is 9.36. The van der Waals surface area contributed by atoms with Crippen molar-refractivity contribution in [3.63, 3.8) is 0 Å². The predicted octanol–water partition coefficient (Wildman–Crippen LogP) is 4.61. The van der Waals surface area contributed by atoms with Gasteiger partial charge in [-0.05, 0) is 56.6 Å². The van der Waals surface area contributed by atoms with E-state index in [0.717, 1.165) is 29.2 Å². The summed E-state index contributed by atoms with van der Waals surface area (Å²) in [4.78, 5) is 14.9. The average molecular weight is 357 g/mol. The minimum atomic E-state index is -0.0333. The lowest BCUT2D eigenvalue weighted by molar-refractivity contribution is 0.0924. The molecule has 0 radical (unpaired) electrons. The van der Waals surface area contributed by atoms with Gasteiger partial charge in [-0.1, -0.05) is 53.9 Å². The maximum atomic E-state index is 12.5. The van der Waals surface area contributed by atoms with Gasteiger partial charge in [-0.3, -0.25) is 9.69 Å². The molecule has 1 atom stereocenters. The van der Waals surface area contributed by atoms with Crippen molar-refractivity contribution in [2.75, 3.05) is 19.6 Å². The van der Waals surface area contributed by atoms with Crippen LogP contribution in [0.5, 0.6) is 0 Å². The van der Waals surface area contributed by atoms with Crippen LogP contribution in [0, 0.1) is 6.92 Å². The van der Waals surface area contributed by atoms with Gasteiger partial charge in [0, 0.05) is 17.1 Å². The van der Waals surface area contributed by atoms with Crippen LogP contribution in [0.25, 0.3) is 0 Å². The Bertz CT molecular complexity index is 708. The fourth-order valence-electron chi connectivity index (χ4n) is 3.41. The number of carbonyl (C=O) groups is 1. The number of piperidine rings is 1. The van der Waals surface area contributed by atoms with Gasteiger partial charge in [-0.25, -0.2) is 0 Å². The summed E-state index contributed by atoms with van der Waals surface area (Å²) in [5.41, 5.74) is 2.94. The van der Waals surface area contributed by atoms with E-state index in [-0.39, 0.29) is 11.9 Å². The van der Waals surface area contributed by atoms with Gasteiger partial charge in [0.1, 0.15) is 0 Å². The maximum Gasteiger partial charge on any atom is 0.251 e. The number of nitrogens with zero attached hydrogens (tertiary/aromatic N) is 1. The number of aryl methyl sites for hydroxylation is 1. The molecule has 0 spiro atoms. The number of carbonyl (C=O) groups excluding carboxylic acids is 1. The molecule has 25 heavy (non-hydrogen) atoms. The van der Waals surface area contributed by atoms with Crippen LogP contribution >= 0.6 is 11.6 Å². The molecule has 0 bridgehead atoms. The Morgan fingerprint density at radius 1 is 1.08 bits per heavy atom. The number of likely N-dealkylation sites (tertiary alicyclic amines) is 1. The first-order valence-electron chi connectivity index (χ1n) is 8.98. The van der Waals surface area contributed by atoms with E-state index in [1.54, 1.807) is 0 Å². The molecule has 2 aromatic rings. The zero-order valence-corrected chi connectivity index (χ0v) is 15.4. The second-order valence-corrected chi connectivity index (χ2v) is 7.12. The van der Waals surface area contributed by atoms with Crippen LogP contribution in [0.4, 0.5) is 0 Å². The number of rotatable bonds is 5. The summed E-state index contributed by atoms with van der Waals surface area (Å²) < 4.78 is 0. The highest BCUT2D eigenvalue weighted by Gasteiger charge is 2.24. The summed E-state index contributed by atoms with van der Waals surface area (Å²) in [6.45, 7) is 4.69. The third-order valence-electron chi connectivity index (χ3n) is 4.87. The first-order chi connectivity index (χ1) is 12.1. The molecule has 1 aliphatic heterocycles. The van der Waals surface area contributed by atoms with E-state index >= 15 is 0 Å². The summed E-state index contributed by atoms with van der Waals surface area (Å²) in [6, 6.07) is 15.7. The molecule has 0 unspecified atom stereocenters. The highest BCUT2D eigenvalue weighted by Crippen LogP contribution is 2.29. The average Bonchev–Trinajstić information content (AvgIpc) is 2.64. The van der Waals surface area contributed by atoms with Gasteiger partial charge in [0.2, 0.25) is 0 Å². The molecule has 3 nitrogen and oxygen atoms in total. The van der Waals surface area contributed by atoms with Crippen molar-refractivity contribution in [3.8, 4) is 0 Å². The van der Waals surface area contributed by atoms with E-state index in [2.05, 4.69) is 16.3 Å². The lowest BCUT2D eigenvalue weighted by Gasteiger charge is -2.35. The Kier molecular flexibility index (Phi) is 6.11. The van der Waals surface area contributed by atoms with E-state index in [1.165, 1.54) is 19.3 Å². The molecule has 132 valence electrons. The van der Waals surface area contributed by atoms with Gasteiger partial charge in [0.25, 0.3) is 5.91 Å². The standard InChI is InChI=1S/C21H25ClN2O/c1-16-9-11-17(12-10-16)21(25)23-15-20(24-13-5-2-6-14-24)18-7-3-4-8-19(18)22/h3-4,7-12,20H,2,5-6,13-15H2,1H3,(H,23,25)/t20-/m1/s1. The summed E-state index contributed by atoms with van der Waals surface area (Å²) in [5, 5.41) is 3.87. The Hall–Kier alpha value is -1.84. The largest absolute Gasteiger partial charge is 0.350 e. The SMILES string of the molecule is Cc1ccc(C(=O)NC[C@H](c2ccccc2Cl)N2CCCCC2)cc1. The molecule has 3 rings (SSSR count). The molecular formula is C21H25ClN2O. The van der Waals surface area contributed by atoms with Crippen molar-refractivity contribution in [2.45, 2.75) is 32.2 Å². The van der Waals surface area contributed by atoms with Crippen LogP contribution in [-0.2, 0) is 0 Å². The molecule has 1 saturated heterocycles. The Labute approximate surface area is 155 Å². The van der Waals surface area contributed by atoms with Gasteiger partial charge in [0.05, 0.1) is 6.04 Å². The second-order valence-electron chi connectivity index (χ2n) is 6.71. The number of amides is 1. The topological polar surface area (TPSA) is 32.3 Å². The summed E-state index contributed by atoms with van der Waals surface area (Å²) in [7, 11) is 0. The van der Waals surface area contributed by atoms with E-state index in [0.29, 0.717) is 12.1 Å². The molecule has 4 heteroatoms. The molecular weight excluding hydrogens is 332 g/mol. The van der Waals surface area contributed by atoms with Crippen molar-refractivity contribution in [1.82, 2.24) is 10.2 Å². The Morgan fingerprint density at radius 2 is 1.76 bits per heavy atom. The van der Waals surface area contributed by atoms with Gasteiger partial charge >= 0.3 is 0 Å². The number of hydrogen-bond acceptors (Lipinski definition) is 2. The minimum absolute atomic E-state index is 0.0333. The van der Waals surface area contributed by atoms with Crippen molar-refractivity contribution in [1.29, 1.82) is 0 Å². The highest BCUT2D eigenvalue weighted by molar-refractivity contribution is 6.31. The smallest absolute Gasteiger partial charge is 0.251 e. The Balaban J connectivity index is 1.74. The Morgan fingerprint density at radius 3 is 2.44 bits per heavy atom. The molecule has 0 aromatic heterocycles. The monoisotopic (exact) mass is 356 g/mol. The zero-order chi connectivity index (χ0) is 17.6. The fraction of sp³-hybridized carbons (Fsp3) is 0.381. The second kappa shape index (κ2) is 8.50. The minimum Gasteiger partial charge on any atom is -0.350 e. The van der Waals surface area contributed by atoms with Crippen LogP contribution in [0.3, 0.4) is 0 Å². The molecule has 1 heterocycles. The molecule has 1 N–H and O–H groups in total. The normalized spacial score (nSPS) is 16.4. The number of benzene rings is 2. The maximum absolute atomic E-state index is 12.5. The van der Waals surface area contributed by atoms with E-state index in [1.807, 2.05) is 49.4 Å². The van der Waals surface area contributed by atoms with Crippen LogP contribution < -0.4 is 5.32 Å². The van der Waals surface area contributed by atoms with Gasteiger partial charge in [0.15, 0.2) is 0 Å². The number of halogens is 1. The summed E-state index contributed by atoms with van der Waals surface area (Å²) in [6.07, 6.45) is 3.68. The predicted molar refractivity (Wildman–Crippen MR) is 103 cm³/mol. The van der Waals surface area contributed by atoms with E-state index < -0.39 is 0 Å². The van der Waals surface area contributed by atoms with Crippen molar-refractivity contribution in [3.05, 3.63) is 70.2 Å². The van der Waals surface area contributed by atoms with Gasteiger partial charge < -0.3 is 5.32 Å². The van der Waals surface area contributed by atoms with E-state index in [9.17, 15) is 4.79 Å².